The monoisotopic (exact) mass is 514 g/mol. The highest BCUT2D eigenvalue weighted by Crippen LogP contribution is 2.26. The molecule has 2 aliphatic rings. The third-order valence-electron chi connectivity index (χ3n) is 5.25. The van der Waals surface area contributed by atoms with Gasteiger partial charge in [-0.25, -0.2) is 8.42 Å². The third-order valence-corrected chi connectivity index (χ3v) is 6.94. The van der Waals surface area contributed by atoms with E-state index in [0.717, 1.165) is 25.8 Å². The smallest absolute Gasteiger partial charge is 0.225 e. The molecule has 27 heavy (non-hydrogen) atoms. The van der Waals surface area contributed by atoms with Crippen molar-refractivity contribution in [2.24, 2.45) is 10.9 Å². The van der Waals surface area contributed by atoms with Crippen LogP contribution in [-0.2, 0) is 14.6 Å². The van der Waals surface area contributed by atoms with Gasteiger partial charge in [0.05, 0.1) is 12.3 Å². The molecule has 1 aliphatic heterocycles. The fraction of sp³-hybridized carbons (Fsp3) is 0.889. The highest BCUT2D eigenvalue weighted by molar-refractivity contribution is 14.0. The molecular weight excluding hydrogens is 479 g/mol. The van der Waals surface area contributed by atoms with Gasteiger partial charge in [0.2, 0.25) is 5.91 Å². The van der Waals surface area contributed by atoms with Crippen LogP contribution in [0.25, 0.3) is 0 Å². The molecule has 0 radical (unpaired) electrons. The van der Waals surface area contributed by atoms with Crippen molar-refractivity contribution in [3.8, 4) is 0 Å². The van der Waals surface area contributed by atoms with E-state index in [1.165, 1.54) is 19.3 Å². The molecule has 2 rings (SSSR count). The molecule has 1 saturated heterocycles. The Labute approximate surface area is 181 Å². The number of likely N-dealkylation sites (tertiary alicyclic amines) is 1. The molecule has 0 spiro atoms. The number of amides is 1. The maximum absolute atomic E-state index is 12.7. The highest BCUT2D eigenvalue weighted by atomic mass is 127. The number of halogens is 1. The third kappa shape index (κ3) is 8.13. The predicted molar refractivity (Wildman–Crippen MR) is 120 cm³/mol. The van der Waals surface area contributed by atoms with E-state index in [1.807, 2.05) is 11.8 Å². The number of carbonyl (C=O) groups is 1. The fourth-order valence-corrected chi connectivity index (χ4v) is 4.30. The molecule has 0 aromatic carbocycles. The lowest BCUT2D eigenvalue weighted by Crippen LogP contribution is -2.45. The van der Waals surface area contributed by atoms with Crippen LogP contribution in [0.15, 0.2) is 4.99 Å². The average molecular weight is 514 g/mol. The molecule has 0 bridgehead atoms. The van der Waals surface area contributed by atoms with E-state index in [2.05, 4.69) is 15.6 Å². The minimum Gasteiger partial charge on any atom is -0.357 e. The zero-order valence-electron chi connectivity index (χ0n) is 16.6. The summed E-state index contributed by atoms with van der Waals surface area (Å²) in [7, 11) is -3.01. The SMILES string of the molecule is CCNC(=NCCS(=O)(=O)CC)NC1CCN(C(=O)C2CCCCC2)C1.I. The Kier molecular flexibility index (Phi) is 10.9. The number of guanidine groups is 1. The van der Waals surface area contributed by atoms with Crippen LogP contribution in [0.4, 0.5) is 0 Å². The molecule has 1 atom stereocenters. The molecular formula is C18H35IN4O3S. The topological polar surface area (TPSA) is 90.9 Å². The summed E-state index contributed by atoms with van der Waals surface area (Å²) in [5, 5.41) is 6.52. The zero-order valence-corrected chi connectivity index (χ0v) is 19.7. The number of carbonyl (C=O) groups excluding carboxylic acids is 1. The van der Waals surface area contributed by atoms with Crippen LogP contribution in [0.2, 0.25) is 0 Å². The quantitative estimate of drug-likeness (QED) is 0.307. The Morgan fingerprint density at radius 2 is 1.85 bits per heavy atom. The first-order valence-electron chi connectivity index (χ1n) is 9.99. The Bertz CT molecular complexity index is 591. The van der Waals surface area contributed by atoms with Gasteiger partial charge in [-0.15, -0.1) is 24.0 Å². The lowest BCUT2D eigenvalue weighted by atomic mass is 9.88. The maximum Gasteiger partial charge on any atom is 0.225 e. The second kappa shape index (κ2) is 12.1. The first-order chi connectivity index (χ1) is 12.4. The normalized spacial score (nSPS) is 21.6. The van der Waals surface area contributed by atoms with Gasteiger partial charge in [-0.3, -0.25) is 9.79 Å². The standard InChI is InChI=1S/C18H34N4O3S.HI/c1-3-19-18(20-11-13-26(24,25)4-2)21-16-10-12-22(14-16)17(23)15-8-6-5-7-9-15;/h15-16H,3-14H2,1-2H3,(H2,19,20,21);1H. The Morgan fingerprint density at radius 3 is 2.48 bits per heavy atom. The molecule has 9 heteroatoms. The summed E-state index contributed by atoms with van der Waals surface area (Å²) in [6.45, 7) is 6.09. The van der Waals surface area contributed by atoms with Crippen LogP contribution in [0, 0.1) is 5.92 Å². The van der Waals surface area contributed by atoms with E-state index < -0.39 is 9.84 Å². The number of aliphatic imine (C=N–C) groups is 1. The van der Waals surface area contributed by atoms with Crippen LogP contribution < -0.4 is 10.6 Å². The second-order valence-corrected chi connectivity index (χ2v) is 9.72. The predicted octanol–water partition coefficient (Wildman–Crippen LogP) is 1.78. The van der Waals surface area contributed by atoms with Crippen LogP contribution >= 0.6 is 24.0 Å². The van der Waals surface area contributed by atoms with Crippen LogP contribution in [-0.4, -0.2) is 68.9 Å². The summed E-state index contributed by atoms with van der Waals surface area (Å²) in [4.78, 5) is 19.0. The number of sulfone groups is 1. The minimum absolute atomic E-state index is 0. The van der Waals surface area contributed by atoms with Crippen molar-refractivity contribution in [3.63, 3.8) is 0 Å². The molecule has 1 aliphatic carbocycles. The van der Waals surface area contributed by atoms with Crippen molar-refractivity contribution in [3.05, 3.63) is 0 Å². The van der Waals surface area contributed by atoms with Gasteiger partial charge in [-0.2, -0.15) is 0 Å². The molecule has 1 unspecified atom stereocenters. The molecule has 1 saturated carbocycles. The van der Waals surface area contributed by atoms with Gasteiger partial charge in [-0.1, -0.05) is 26.2 Å². The molecule has 2 N–H and O–H groups in total. The highest BCUT2D eigenvalue weighted by Gasteiger charge is 2.31. The Balaban J connectivity index is 0.00000364. The van der Waals surface area contributed by atoms with E-state index >= 15 is 0 Å². The summed E-state index contributed by atoms with van der Waals surface area (Å²) in [6, 6.07) is 0.170. The van der Waals surface area contributed by atoms with Crippen molar-refractivity contribution in [2.75, 3.05) is 37.7 Å². The Hall–Kier alpha value is -0.580. The van der Waals surface area contributed by atoms with Gasteiger partial charge in [0.1, 0.15) is 0 Å². The molecule has 1 amide bonds. The van der Waals surface area contributed by atoms with Crippen LogP contribution in [0.3, 0.4) is 0 Å². The molecule has 0 aromatic heterocycles. The zero-order chi connectivity index (χ0) is 19.0. The van der Waals surface area contributed by atoms with E-state index in [4.69, 9.17) is 0 Å². The molecule has 7 nitrogen and oxygen atoms in total. The van der Waals surface area contributed by atoms with E-state index in [-0.39, 0.29) is 54.0 Å². The van der Waals surface area contributed by atoms with Gasteiger partial charge in [0.15, 0.2) is 15.8 Å². The van der Waals surface area contributed by atoms with Crippen molar-refractivity contribution in [1.82, 2.24) is 15.5 Å². The molecule has 1 heterocycles. The van der Waals surface area contributed by atoms with Gasteiger partial charge < -0.3 is 15.5 Å². The Morgan fingerprint density at radius 1 is 1.15 bits per heavy atom. The van der Waals surface area contributed by atoms with E-state index in [9.17, 15) is 13.2 Å². The summed E-state index contributed by atoms with van der Waals surface area (Å²) >= 11 is 0. The summed E-state index contributed by atoms with van der Waals surface area (Å²) in [5.41, 5.74) is 0. The molecule has 2 fully saturated rings. The first-order valence-corrected chi connectivity index (χ1v) is 11.8. The lowest BCUT2D eigenvalue weighted by molar-refractivity contribution is -0.135. The van der Waals surface area contributed by atoms with Crippen LogP contribution in [0.5, 0.6) is 0 Å². The fourth-order valence-electron chi connectivity index (χ4n) is 3.64. The number of hydrogen-bond acceptors (Lipinski definition) is 4. The summed E-state index contributed by atoms with van der Waals surface area (Å²) in [5.74, 6) is 1.37. The largest absolute Gasteiger partial charge is 0.357 e. The molecule has 0 aromatic rings. The van der Waals surface area contributed by atoms with E-state index in [1.54, 1.807) is 6.92 Å². The van der Waals surface area contributed by atoms with Gasteiger partial charge in [0.25, 0.3) is 0 Å². The first kappa shape index (κ1) is 24.5. The summed E-state index contributed by atoms with van der Waals surface area (Å²) in [6.07, 6.45) is 6.56. The number of rotatable bonds is 7. The molecule has 158 valence electrons. The van der Waals surface area contributed by atoms with Gasteiger partial charge >= 0.3 is 0 Å². The summed E-state index contributed by atoms with van der Waals surface area (Å²) < 4.78 is 23.2. The van der Waals surface area contributed by atoms with Gasteiger partial charge in [-0.05, 0) is 26.2 Å². The van der Waals surface area contributed by atoms with Crippen molar-refractivity contribution in [1.29, 1.82) is 0 Å². The van der Waals surface area contributed by atoms with Crippen molar-refractivity contribution in [2.45, 2.75) is 58.4 Å². The maximum atomic E-state index is 12.7. The second-order valence-electron chi connectivity index (χ2n) is 7.25. The number of nitrogens with zero attached hydrogens (tertiary/aromatic N) is 2. The lowest BCUT2D eigenvalue weighted by Gasteiger charge is -2.26. The van der Waals surface area contributed by atoms with Crippen molar-refractivity contribution >= 4 is 45.7 Å². The minimum atomic E-state index is -3.01. The average Bonchev–Trinajstić information content (AvgIpc) is 3.10. The van der Waals surface area contributed by atoms with Crippen LogP contribution in [0.1, 0.15) is 52.4 Å². The number of nitrogens with one attached hydrogen (secondary N) is 2. The van der Waals surface area contributed by atoms with E-state index in [0.29, 0.717) is 25.0 Å². The number of hydrogen-bond donors (Lipinski definition) is 2. The van der Waals surface area contributed by atoms with Gasteiger partial charge in [0, 0.05) is 37.3 Å². The van der Waals surface area contributed by atoms with Crippen molar-refractivity contribution < 1.29 is 13.2 Å².